The van der Waals surface area contributed by atoms with Crippen LogP contribution in [0.2, 0.25) is 5.02 Å². The third-order valence-corrected chi connectivity index (χ3v) is 5.58. The van der Waals surface area contributed by atoms with Gasteiger partial charge in [0.15, 0.2) is 5.82 Å². The number of hydrogen-bond acceptors (Lipinski definition) is 8. The number of ether oxygens (including phenoxy) is 1. The van der Waals surface area contributed by atoms with E-state index in [4.69, 9.17) is 22.1 Å². The second kappa shape index (κ2) is 9.01. The van der Waals surface area contributed by atoms with Crippen LogP contribution in [-0.2, 0) is 19.5 Å². The van der Waals surface area contributed by atoms with E-state index in [1.807, 2.05) is 19.1 Å². The maximum Gasteiger partial charge on any atom is 0.254 e. The lowest BCUT2D eigenvalue weighted by Gasteiger charge is -2.26. The van der Waals surface area contributed by atoms with Crippen molar-refractivity contribution < 1.29 is 9.53 Å². The van der Waals surface area contributed by atoms with Crippen LogP contribution in [0.25, 0.3) is 0 Å². The molecule has 1 aromatic carbocycles. The Hall–Kier alpha value is -3.37. The molecular weight excluding hydrogens is 432 g/mol. The van der Waals surface area contributed by atoms with E-state index in [2.05, 4.69) is 37.6 Å². The van der Waals surface area contributed by atoms with E-state index in [1.165, 1.54) is 17.3 Å². The lowest BCUT2D eigenvalue weighted by atomic mass is 9.99. The number of amides is 1. The zero-order valence-electron chi connectivity index (χ0n) is 18.1. The number of methoxy groups -OCH3 is 1. The predicted octanol–water partition coefficient (Wildman–Crippen LogP) is 2.93. The molecule has 11 heteroatoms. The Balaban J connectivity index is 1.67. The van der Waals surface area contributed by atoms with Gasteiger partial charge in [0.05, 0.1) is 12.8 Å². The molecule has 0 atom stereocenters. The van der Waals surface area contributed by atoms with Crippen LogP contribution in [0.1, 0.15) is 28.4 Å². The highest BCUT2D eigenvalue weighted by atomic mass is 35.5. The van der Waals surface area contributed by atoms with Gasteiger partial charge in [0.2, 0.25) is 5.95 Å². The number of benzene rings is 1. The number of rotatable bonds is 7. The number of aryl methyl sites for hydroxylation is 1. The van der Waals surface area contributed by atoms with Crippen LogP contribution in [0.3, 0.4) is 0 Å². The summed E-state index contributed by atoms with van der Waals surface area (Å²) in [5.41, 5.74) is 8.84. The highest BCUT2D eigenvalue weighted by Crippen LogP contribution is 2.33. The first kappa shape index (κ1) is 21.8. The molecule has 0 unspecified atom stereocenters. The van der Waals surface area contributed by atoms with Crippen LogP contribution in [0.5, 0.6) is 5.75 Å². The van der Waals surface area contributed by atoms with Crippen molar-refractivity contribution in [3.63, 3.8) is 0 Å². The minimum absolute atomic E-state index is 0.122. The van der Waals surface area contributed by atoms with Crippen molar-refractivity contribution in [3.05, 3.63) is 46.2 Å². The van der Waals surface area contributed by atoms with Crippen molar-refractivity contribution in [2.45, 2.75) is 26.4 Å². The van der Waals surface area contributed by atoms with Crippen molar-refractivity contribution in [2.24, 2.45) is 5.73 Å². The van der Waals surface area contributed by atoms with E-state index in [9.17, 15) is 4.79 Å². The van der Waals surface area contributed by atoms with Gasteiger partial charge >= 0.3 is 0 Å². The zero-order valence-corrected chi connectivity index (χ0v) is 18.9. The van der Waals surface area contributed by atoms with Crippen LogP contribution in [0, 0.1) is 0 Å². The van der Waals surface area contributed by atoms with Crippen molar-refractivity contribution >= 4 is 40.8 Å². The highest BCUT2D eigenvalue weighted by Gasteiger charge is 2.19. The van der Waals surface area contributed by atoms with Gasteiger partial charge in [-0.1, -0.05) is 11.6 Å². The average molecular weight is 457 g/mol. The van der Waals surface area contributed by atoms with Gasteiger partial charge in [0.25, 0.3) is 5.91 Å². The summed E-state index contributed by atoms with van der Waals surface area (Å²) in [4.78, 5) is 22.9. The van der Waals surface area contributed by atoms with Gasteiger partial charge in [-0.3, -0.25) is 9.48 Å². The molecule has 3 aromatic rings. The summed E-state index contributed by atoms with van der Waals surface area (Å²) in [7, 11) is 3.72. The number of carbonyl (C=O) groups is 1. The summed E-state index contributed by atoms with van der Waals surface area (Å²) in [6.07, 6.45) is 4.01. The minimum atomic E-state index is -0.667. The molecule has 3 heterocycles. The molecule has 2 aromatic heterocycles. The maximum absolute atomic E-state index is 11.9. The van der Waals surface area contributed by atoms with Gasteiger partial charge in [-0.2, -0.15) is 10.1 Å². The number of halogens is 1. The topological polar surface area (TPSA) is 123 Å². The quantitative estimate of drug-likeness (QED) is 0.495. The molecule has 4 N–H and O–H groups in total. The smallest absolute Gasteiger partial charge is 0.254 e. The first-order valence-electron chi connectivity index (χ1n) is 10.2. The third-order valence-electron chi connectivity index (χ3n) is 5.30. The van der Waals surface area contributed by atoms with E-state index in [0.29, 0.717) is 23.1 Å². The molecule has 0 aliphatic carbocycles. The molecule has 1 amide bonds. The lowest BCUT2D eigenvalue weighted by Crippen LogP contribution is -2.26. The molecular formula is C21H25ClN8O2. The van der Waals surface area contributed by atoms with Gasteiger partial charge < -0.3 is 26.0 Å². The lowest BCUT2D eigenvalue weighted by molar-refractivity contribution is 0.100. The van der Waals surface area contributed by atoms with Crippen LogP contribution in [0.4, 0.5) is 23.3 Å². The molecule has 0 bridgehead atoms. The fraction of sp³-hybridized carbons (Fsp3) is 0.333. The molecule has 0 spiro atoms. The number of carbonyl (C=O) groups excluding carboxylic acids is 1. The van der Waals surface area contributed by atoms with E-state index in [-0.39, 0.29) is 17.3 Å². The zero-order chi connectivity index (χ0) is 22.8. The number of fused-ring (bicyclic) bond motifs is 1. The number of nitrogens with two attached hydrogens (primary N) is 1. The van der Waals surface area contributed by atoms with E-state index in [1.54, 1.807) is 18.0 Å². The van der Waals surface area contributed by atoms with Crippen molar-refractivity contribution in [2.75, 3.05) is 31.3 Å². The first-order valence-corrected chi connectivity index (χ1v) is 10.6. The predicted molar refractivity (Wildman–Crippen MR) is 123 cm³/mol. The van der Waals surface area contributed by atoms with Crippen molar-refractivity contribution in [1.29, 1.82) is 0 Å². The largest absolute Gasteiger partial charge is 0.495 e. The summed E-state index contributed by atoms with van der Waals surface area (Å²) in [5.74, 6) is 0.866. The molecule has 0 fully saturated rings. The normalized spacial score (nSPS) is 13.5. The second-order valence-corrected chi connectivity index (χ2v) is 7.97. The number of anilines is 4. The number of likely N-dealkylation sites (N-methyl/N-ethyl adjacent to an activating group) is 1. The summed E-state index contributed by atoms with van der Waals surface area (Å²) in [6.45, 7) is 4.44. The Bertz CT molecular complexity index is 1160. The van der Waals surface area contributed by atoms with Crippen LogP contribution < -0.4 is 21.1 Å². The number of nitrogens with one attached hydrogen (secondary N) is 2. The van der Waals surface area contributed by atoms with Gasteiger partial charge in [-0.25, -0.2) is 4.98 Å². The molecule has 168 valence electrons. The summed E-state index contributed by atoms with van der Waals surface area (Å²) in [6, 6.07) is 4.08. The Morgan fingerprint density at radius 3 is 2.78 bits per heavy atom. The number of nitrogens with zero attached hydrogens (tertiary/aromatic N) is 5. The molecule has 1 aliphatic heterocycles. The molecule has 0 saturated carbocycles. The maximum atomic E-state index is 11.9. The van der Waals surface area contributed by atoms with Crippen LogP contribution >= 0.6 is 11.6 Å². The van der Waals surface area contributed by atoms with Gasteiger partial charge in [0.1, 0.15) is 22.2 Å². The fourth-order valence-electron chi connectivity index (χ4n) is 3.59. The Kier molecular flexibility index (Phi) is 6.15. The van der Waals surface area contributed by atoms with Gasteiger partial charge in [0, 0.05) is 32.0 Å². The van der Waals surface area contributed by atoms with Crippen molar-refractivity contribution in [1.82, 2.24) is 24.6 Å². The molecule has 1 aliphatic rings. The average Bonchev–Trinajstić information content (AvgIpc) is 3.12. The number of aromatic nitrogens is 4. The third kappa shape index (κ3) is 4.46. The monoisotopic (exact) mass is 456 g/mol. The standard InChI is InChI=1S/C21H25ClN8O2/c1-4-30-11-15(22)20(28-30)26-19-14(18(23)31)9-24-21(27-19)25-16-7-13-10-29(2)6-5-12(13)8-17(16)32-3/h7-9,11H,4-6,10H2,1-3H3,(H2,23,31)(H2,24,25,26,27,28). The van der Waals surface area contributed by atoms with Gasteiger partial charge in [-0.15, -0.1) is 0 Å². The Morgan fingerprint density at radius 1 is 1.28 bits per heavy atom. The minimum Gasteiger partial charge on any atom is -0.495 e. The van der Waals surface area contributed by atoms with Crippen LogP contribution in [0.15, 0.2) is 24.5 Å². The Labute approximate surface area is 190 Å². The fourth-order valence-corrected chi connectivity index (χ4v) is 3.79. The second-order valence-electron chi connectivity index (χ2n) is 7.56. The van der Waals surface area contributed by atoms with Gasteiger partial charge in [-0.05, 0) is 43.7 Å². The molecule has 0 saturated heterocycles. The molecule has 4 rings (SSSR count). The SMILES string of the molecule is CCn1cc(Cl)c(Nc2nc(Nc3cc4c(cc3OC)CCN(C)C4)ncc2C(N)=O)n1. The van der Waals surface area contributed by atoms with E-state index in [0.717, 1.165) is 25.2 Å². The van der Waals surface area contributed by atoms with E-state index < -0.39 is 5.91 Å². The number of hydrogen-bond donors (Lipinski definition) is 3. The van der Waals surface area contributed by atoms with Crippen molar-refractivity contribution in [3.8, 4) is 5.75 Å². The highest BCUT2D eigenvalue weighted by molar-refractivity contribution is 6.33. The number of primary amides is 1. The van der Waals surface area contributed by atoms with Crippen LogP contribution in [-0.4, -0.2) is 51.3 Å². The summed E-state index contributed by atoms with van der Waals surface area (Å²) >= 11 is 6.25. The summed E-state index contributed by atoms with van der Waals surface area (Å²) < 4.78 is 7.25. The van der Waals surface area contributed by atoms with E-state index >= 15 is 0 Å². The molecule has 0 radical (unpaired) electrons. The molecule has 32 heavy (non-hydrogen) atoms. The molecule has 10 nitrogen and oxygen atoms in total. The summed E-state index contributed by atoms with van der Waals surface area (Å²) in [5, 5.41) is 10.9. The Morgan fingerprint density at radius 2 is 2.09 bits per heavy atom. The first-order chi connectivity index (χ1) is 15.4.